The molecule has 0 saturated heterocycles. The molecule has 0 fully saturated rings. The zero-order valence-electron chi connectivity index (χ0n) is 9.43. The molecule has 90 valence electrons. The fraction of sp³-hybridized carbons (Fsp3) is 0.231. The van der Waals surface area contributed by atoms with E-state index >= 15 is 0 Å². The molecular weight excluding hydrogens is 339 g/mol. The summed E-state index contributed by atoms with van der Waals surface area (Å²) >= 11 is 17.7. The standard InChI is InChI=1S/C13H11BrCl2S/c1-7-3-9(6-10(15)4-7)12(16)11-5-8(2)13(14)17-11/h3-6,12H,1-2H3. The van der Waals surface area contributed by atoms with Gasteiger partial charge in [-0.25, -0.2) is 0 Å². The highest BCUT2D eigenvalue weighted by Gasteiger charge is 2.15. The first-order valence-corrected chi connectivity index (χ1v) is 7.57. The van der Waals surface area contributed by atoms with Gasteiger partial charge in [-0.1, -0.05) is 17.7 Å². The number of halogens is 3. The second-order valence-electron chi connectivity index (χ2n) is 4.03. The van der Waals surface area contributed by atoms with Crippen LogP contribution in [-0.4, -0.2) is 0 Å². The Morgan fingerprint density at radius 2 is 1.88 bits per heavy atom. The number of rotatable bonds is 2. The summed E-state index contributed by atoms with van der Waals surface area (Å²) in [5.41, 5.74) is 3.39. The van der Waals surface area contributed by atoms with Gasteiger partial charge >= 0.3 is 0 Å². The monoisotopic (exact) mass is 348 g/mol. The van der Waals surface area contributed by atoms with Crippen molar-refractivity contribution in [1.29, 1.82) is 0 Å². The van der Waals surface area contributed by atoms with Crippen LogP contribution >= 0.6 is 50.5 Å². The maximum absolute atomic E-state index is 6.49. The number of thiophene rings is 1. The Morgan fingerprint density at radius 3 is 2.41 bits per heavy atom. The molecule has 1 unspecified atom stereocenters. The van der Waals surface area contributed by atoms with E-state index in [2.05, 4.69) is 35.0 Å². The van der Waals surface area contributed by atoms with E-state index in [4.69, 9.17) is 23.2 Å². The van der Waals surface area contributed by atoms with E-state index in [1.54, 1.807) is 11.3 Å². The van der Waals surface area contributed by atoms with Gasteiger partial charge in [-0.05, 0) is 64.7 Å². The molecule has 0 spiro atoms. The normalized spacial score (nSPS) is 12.8. The molecule has 0 saturated carbocycles. The third-order valence-corrected chi connectivity index (χ3v) is 5.52. The van der Waals surface area contributed by atoms with Gasteiger partial charge in [-0.3, -0.25) is 0 Å². The van der Waals surface area contributed by atoms with Crippen LogP contribution in [0.1, 0.15) is 26.9 Å². The van der Waals surface area contributed by atoms with Crippen LogP contribution in [0.15, 0.2) is 28.1 Å². The molecule has 2 rings (SSSR count). The Balaban J connectivity index is 2.39. The topological polar surface area (TPSA) is 0 Å². The second-order valence-corrected chi connectivity index (χ2v) is 7.30. The molecule has 0 aliphatic carbocycles. The van der Waals surface area contributed by atoms with Crippen molar-refractivity contribution in [1.82, 2.24) is 0 Å². The first kappa shape index (κ1) is 13.4. The fourth-order valence-corrected chi connectivity index (χ4v) is 3.88. The lowest BCUT2D eigenvalue weighted by Crippen LogP contribution is -1.91. The van der Waals surface area contributed by atoms with E-state index in [9.17, 15) is 0 Å². The molecule has 0 aliphatic rings. The van der Waals surface area contributed by atoms with E-state index in [1.807, 2.05) is 19.1 Å². The average Bonchev–Trinajstić information content (AvgIpc) is 2.57. The average molecular weight is 350 g/mol. The van der Waals surface area contributed by atoms with Crippen LogP contribution < -0.4 is 0 Å². The van der Waals surface area contributed by atoms with Crippen LogP contribution in [0.3, 0.4) is 0 Å². The minimum atomic E-state index is -0.137. The third kappa shape index (κ3) is 3.05. The van der Waals surface area contributed by atoms with E-state index in [1.165, 1.54) is 5.56 Å². The predicted molar refractivity (Wildman–Crippen MR) is 80.6 cm³/mol. The van der Waals surface area contributed by atoms with E-state index in [0.29, 0.717) is 0 Å². The minimum Gasteiger partial charge on any atom is -0.131 e. The summed E-state index contributed by atoms with van der Waals surface area (Å²) in [6, 6.07) is 8.05. The summed E-state index contributed by atoms with van der Waals surface area (Å²) in [5, 5.41) is 0.598. The largest absolute Gasteiger partial charge is 0.131 e. The van der Waals surface area contributed by atoms with Gasteiger partial charge in [0.15, 0.2) is 0 Å². The van der Waals surface area contributed by atoms with Crippen molar-refractivity contribution in [3.8, 4) is 0 Å². The number of hydrogen-bond acceptors (Lipinski definition) is 1. The molecule has 1 aromatic heterocycles. The predicted octanol–water partition coefficient (Wildman–Crippen LogP) is 6.11. The smallest absolute Gasteiger partial charge is 0.0928 e. The molecule has 1 heterocycles. The van der Waals surface area contributed by atoms with Gasteiger partial charge in [0.1, 0.15) is 0 Å². The summed E-state index contributed by atoms with van der Waals surface area (Å²) in [6.07, 6.45) is 0. The molecule has 17 heavy (non-hydrogen) atoms. The summed E-state index contributed by atoms with van der Waals surface area (Å²) in [6.45, 7) is 4.09. The van der Waals surface area contributed by atoms with Crippen molar-refractivity contribution in [3.63, 3.8) is 0 Å². The Hall–Kier alpha value is -0.0200. The molecule has 0 nitrogen and oxygen atoms in total. The molecule has 2 aromatic rings. The van der Waals surface area contributed by atoms with Crippen LogP contribution in [0.5, 0.6) is 0 Å². The Bertz CT molecular complexity index is 509. The van der Waals surface area contributed by atoms with Crippen LogP contribution in [-0.2, 0) is 0 Å². The third-order valence-electron chi connectivity index (χ3n) is 2.48. The Kier molecular flexibility index (Phi) is 4.19. The quantitative estimate of drug-likeness (QED) is 0.574. The van der Waals surface area contributed by atoms with E-state index in [0.717, 1.165) is 24.8 Å². The number of alkyl halides is 1. The van der Waals surface area contributed by atoms with Crippen molar-refractivity contribution in [3.05, 3.63) is 54.6 Å². The summed E-state index contributed by atoms with van der Waals surface area (Å²) in [7, 11) is 0. The lowest BCUT2D eigenvalue weighted by molar-refractivity contribution is 1.17. The zero-order valence-corrected chi connectivity index (χ0v) is 13.3. The molecule has 0 bridgehead atoms. The maximum Gasteiger partial charge on any atom is 0.0928 e. The van der Waals surface area contributed by atoms with Crippen molar-refractivity contribution >= 4 is 50.5 Å². The number of aryl methyl sites for hydroxylation is 2. The van der Waals surface area contributed by atoms with Crippen molar-refractivity contribution in [2.24, 2.45) is 0 Å². The molecule has 0 N–H and O–H groups in total. The van der Waals surface area contributed by atoms with Crippen molar-refractivity contribution in [2.75, 3.05) is 0 Å². The number of hydrogen-bond donors (Lipinski definition) is 0. The fourth-order valence-electron chi connectivity index (χ4n) is 1.68. The molecule has 4 heteroatoms. The van der Waals surface area contributed by atoms with Crippen molar-refractivity contribution in [2.45, 2.75) is 19.2 Å². The van der Waals surface area contributed by atoms with Crippen LogP contribution in [0.4, 0.5) is 0 Å². The summed E-state index contributed by atoms with van der Waals surface area (Å²) in [5.74, 6) is 0. The van der Waals surface area contributed by atoms with Gasteiger partial charge in [0.05, 0.1) is 9.16 Å². The first-order chi connectivity index (χ1) is 7.97. The molecule has 0 amide bonds. The Labute approximate surface area is 124 Å². The van der Waals surface area contributed by atoms with Gasteiger partial charge in [0.2, 0.25) is 0 Å². The van der Waals surface area contributed by atoms with Gasteiger partial charge in [0.25, 0.3) is 0 Å². The van der Waals surface area contributed by atoms with E-state index < -0.39 is 0 Å². The molecular formula is C13H11BrCl2S. The SMILES string of the molecule is Cc1cc(Cl)cc(C(Cl)c2cc(C)c(Br)s2)c1. The molecule has 1 atom stereocenters. The lowest BCUT2D eigenvalue weighted by Gasteiger charge is -2.09. The van der Waals surface area contributed by atoms with Crippen LogP contribution in [0.25, 0.3) is 0 Å². The van der Waals surface area contributed by atoms with Crippen LogP contribution in [0, 0.1) is 13.8 Å². The van der Waals surface area contributed by atoms with Gasteiger partial charge in [-0.15, -0.1) is 22.9 Å². The highest BCUT2D eigenvalue weighted by Crippen LogP contribution is 2.38. The maximum atomic E-state index is 6.49. The second kappa shape index (κ2) is 5.31. The van der Waals surface area contributed by atoms with Crippen LogP contribution in [0.2, 0.25) is 5.02 Å². The van der Waals surface area contributed by atoms with Gasteiger partial charge < -0.3 is 0 Å². The van der Waals surface area contributed by atoms with Crippen molar-refractivity contribution < 1.29 is 0 Å². The summed E-state index contributed by atoms with van der Waals surface area (Å²) < 4.78 is 1.14. The lowest BCUT2D eigenvalue weighted by atomic mass is 10.1. The Morgan fingerprint density at radius 1 is 1.18 bits per heavy atom. The van der Waals surface area contributed by atoms with Gasteiger partial charge in [0, 0.05) is 9.90 Å². The zero-order chi connectivity index (χ0) is 12.6. The first-order valence-electron chi connectivity index (χ1n) is 5.14. The minimum absolute atomic E-state index is 0.137. The highest BCUT2D eigenvalue weighted by molar-refractivity contribution is 9.11. The van der Waals surface area contributed by atoms with E-state index in [-0.39, 0.29) is 5.38 Å². The molecule has 0 aliphatic heterocycles. The summed E-state index contributed by atoms with van der Waals surface area (Å²) in [4.78, 5) is 1.14. The molecule has 1 aromatic carbocycles. The molecule has 0 radical (unpaired) electrons. The number of benzene rings is 1. The van der Waals surface area contributed by atoms with Gasteiger partial charge in [-0.2, -0.15) is 0 Å². The highest BCUT2D eigenvalue weighted by atomic mass is 79.9.